The third-order valence-corrected chi connectivity index (χ3v) is 3.28. The molecule has 20 heavy (non-hydrogen) atoms. The molecule has 0 unspecified atom stereocenters. The van der Waals surface area contributed by atoms with Gasteiger partial charge in [-0.2, -0.15) is 0 Å². The minimum atomic E-state index is -1.18. The molecule has 4 N–H and O–H groups in total. The van der Waals surface area contributed by atoms with E-state index in [-0.39, 0.29) is 17.3 Å². The number of halogens is 1. The number of aromatic carboxylic acids is 1. The van der Waals surface area contributed by atoms with Gasteiger partial charge in [-0.25, -0.2) is 14.0 Å². The first-order chi connectivity index (χ1) is 9.47. The van der Waals surface area contributed by atoms with Crippen molar-refractivity contribution in [1.82, 2.24) is 4.90 Å². The number of rotatable bonds is 2. The van der Waals surface area contributed by atoms with Crippen molar-refractivity contribution in [3.8, 4) is 0 Å². The summed E-state index contributed by atoms with van der Waals surface area (Å²) in [5.41, 5.74) is 5.53. The van der Waals surface area contributed by atoms with Crippen LogP contribution in [0.3, 0.4) is 0 Å². The topological polar surface area (TPSA) is 95.7 Å². The van der Waals surface area contributed by atoms with Crippen LogP contribution >= 0.6 is 0 Å². The summed E-state index contributed by atoms with van der Waals surface area (Å²) < 4.78 is 13.6. The van der Waals surface area contributed by atoms with E-state index >= 15 is 0 Å². The van der Waals surface area contributed by atoms with Gasteiger partial charge in [0, 0.05) is 19.1 Å². The minimum Gasteiger partial charge on any atom is -0.478 e. The highest BCUT2D eigenvalue weighted by Crippen LogP contribution is 2.18. The summed E-state index contributed by atoms with van der Waals surface area (Å²) in [4.78, 5) is 24.3. The molecule has 0 bridgehead atoms. The molecule has 1 aromatic rings. The zero-order valence-corrected chi connectivity index (χ0v) is 10.8. The van der Waals surface area contributed by atoms with Crippen molar-refractivity contribution in [1.29, 1.82) is 0 Å². The van der Waals surface area contributed by atoms with Gasteiger partial charge in [-0.1, -0.05) is 0 Å². The van der Waals surface area contributed by atoms with Crippen LogP contribution in [0.1, 0.15) is 23.2 Å². The van der Waals surface area contributed by atoms with Gasteiger partial charge >= 0.3 is 12.0 Å². The van der Waals surface area contributed by atoms with Crippen LogP contribution in [-0.2, 0) is 0 Å². The molecule has 2 rings (SSSR count). The molecular weight excluding hydrogens is 265 g/mol. The molecule has 2 amide bonds. The lowest BCUT2D eigenvalue weighted by molar-refractivity contribution is 0.0697. The molecule has 0 radical (unpaired) electrons. The molecule has 0 aliphatic carbocycles. The van der Waals surface area contributed by atoms with Crippen LogP contribution in [0, 0.1) is 5.82 Å². The zero-order valence-electron chi connectivity index (χ0n) is 10.8. The molecule has 1 saturated heterocycles. The average molecular weight is 281 g/mol. The maximum atomic E-state index is 13.6. The van der Waals surface area contributed by atoms with Gasteiger partial charge in [0.05, 0.1) is 11.3 Å². The van der Waals surface area contributed by atoms with Crippen LogP contribution in [0.5, 0.6) is 0 Å². The maximum absolute atomic E-state index is 13.6. The van der Waals surface area contributed by atoms with Crippen molar-refractivity contribution in [2.75, 3.05) is 18.4 Å². The molecule has 0 atom stereocenters. The van der Waals surface area contributed by atoms with Gasteiger partial charge in [-0.05, 0) is 31.0 Å². The third-order valence-electron chi connectivity index (χ3n) is 3.28. The van der Waals surface area contributed by atoms with E-state index in [2.05, 4.69) is 5.32 Å². The lowest BCUT2D eigenvalue weighted by Crippen LogP contribution is -2.44. The summed E-state index contributed by atoms with van der Waals surface area (Å²) in [5.74, 6) is -1.85. The number of nitrogens with two attached hydrogens (primary N) is 1. The van der Waals surface area contributed by atoms with Crippen LogP contribution in [-0.4, -0.2) is 41.1 Å². The van der Waals surface area contributed by atoms with E-state index in [1.807, 2.05) is 0 Å². The van der Waals surface area contributed by atoms with Gasteiger partial charge < -0.3 is 21.1 Å². The Morgan fingerprint density at radius 2 is 2.00 bits per heavy atom. The summed E-state index contributed by atoms with van der Waals surface area (Å²) >= 11 is 0. The number of benzene rings is 1. The second-order valence-corrected chi connectivity index (χ2v) is 4.75. The Balaban J connectivity index is 2.07. The smallest absolute Gasteiger partial charge is 0.335 e. The second kappa shape index (κ2) is 5.87. The molecular formula is C13H16FN3O3. The molecule has 1 heterocycles. The van der Waals surface area contributed by atoms with Gasteiger partial charge in [0.15, 0.2) is 0 Å². The van der Waals surface area contributed by atoms with Crippen molar-refractivity contribution in [3.05, 3.63) is 29.6 Å². The third kappa shape index (κ3) is 3.24. The predicted molar refractivity (Wildman–Crippen MR) is 71.2 cm³/mol. The van der Waals surface area contributed by atoms with E-state index in [0.29, 0.717) is 25.9 Å². The fraction of sp³-hybridized carbons (Fsp3) is 0.385. The van der Waals surface area contributed by atoms with Crippen molar-refractivity contribution >= 4 is 17.7 Å². The number of hydrogen-bond acceptors (Lipinski definition) is 3. The van der Waals surface area contributed by atoms with Crippen LogP contribution in [0.4, 0.5) is 14.9 Å². The van der Waals surface area contributed by atoms with Crippen molar-refractivity contribution in [2.45, 2.75) is 18.9 Å². The van der Waals surface area contributed by atoms with E-state index in [1.165, 1.54) is 4.90 Å². The highest BCUT2D eigenvalue weighted by molar-refractivity contribution is 5.93. The molecule has 0 spiro atoms. The van der Waals surface area contributed by atoms with Gasteiger partial charge in [0.1, 0.15) is 5.82 Å². The Morgan fingerprint density at radius 1 is 1.35 bits per heavy atom. The number of urea groups is 1. The van der Waals surface area contributed by atoms with Crippen molar-refractivity contribution in [2.24, 2.45) is 5.73 Å². The molecule has 1 fully saturated rings. The summed E-state index contributed by atoms with van der Waals surface area (Å²) in [6.45, 7) is 1.01. The summed E-state index contributed by atoms with van der Waals surface area (Å²) in [5, 5.41) is 11.3. The van der Waals surface area contributed by atoms with Crippen LogP contribution in [0.25, 0.3) is 0 Å². The predicted octanol–water partition coefficient (Wildman–Crippen LogP) is 1.48. The molecule has 108 valence electrons. The van der Waals surface area contributed by atoms with Gasteiger partial charge in [-0.15, -0.1) is 0 Å². The maximum Gasteiger partial charge on any atom is 0.335 e. The molecule has 0 aromatic heterocycles. The number of anilines is 1. The van der Waals surface area contributed by atoms with Crippen molar-refractivity contribution in [3.63, 3.8) is 0 Å². The van der Waals surface area contributed by atoms with Crippen LogP contribution < -0.4 is 11.1 Å². The Bertz CT molecular complexity index is 528. The fourth-order valence-corrected chi connectivity index (χ4v) is 2.05. The first-order valence-corrected chi connectivity index (χ1v) is 6.31. The highest BCUT2D eigenvalue weighted by Gasteiger charge is 2.21. The normalized spacial score (nSPS) is 16.0. The monoisotopic (exact) mass is 281 g/mol. The van der Waals surface area contributed by atoms with Crippen molar-refractivity contribution < 1.29 is 19.1 Å². The number of carboxylic acid groups (broad SMARTS) is 1. The molecule has 6 nitrogen and oxygen atoms in total. The molecule has 1 aliphatic heterocycles. The Hall–Kier alpha value is -2.15. The fourth-order valence-electron chi connectivity index (χ4n) is 2.05. The standard InChI is InChI=1S/C13H16FN3O3/c14-10-2-1-8(12(18)19)7-11(10)16-13(20)17-5-3-9(15)4-6-17/h1-2,7,9H,3-6,15H2,(H,16,20)(H,18,19). The largest absolute Gasteiger partial charge is 0.478 e. The number of carbonyl (C=O) groups is 2. The lowest BCUT2D eigenvalue weighted by Gasteiger charge is -2.30. The first-order valence-electron chi connectivity index (χ1n) is 6.31. The Labute approximate surface area is 115 Å². The number of nitrogens with one attached hydrogen (secondary N) is 1. The van der Waals surface area contributed by atoms with Crippen LogP contribution in [0.2, 0.25) is 0 Å². The number of carbonyl (C=O) groups excluding carboxylic acids is 1. The number of hydrogen-bond donors (Lipinski definition) is 3. The van der Waals surface area contributed by atoms with E-state index in [9.17, 15) is 14.0 Å². The quantitative estimate of drug-likeness (QED) is 0.765. The minimum absolute atomic E-state index is 0.0811. The Kier molecular flexibility index (Phi) is 4.19. The second-order valence-electron chi connectivity index (χ2n) is 4.75. The molecule has 1 aliphatic rings. The Morgan fingerprint density at radius 3 is 2.60 bits per heavy atom. The van der Waals surface area contributed by atoms with Gasteiger partial charge in [-0.3, -0.25) is 0 Å². The SMILES string of the molecule is NC1CCN(C(=O)Nc2cc(C(=O)O)ccc2F)CC1. The summed E-state index contributed by atoms with van der Waals surface area (Å²) in [6, 6.07) is 2.91. The number of carboxylic acids is 1. The number of amides is 2. The number of nitrogens with zero attached hydrogens (tertiary/aromatic N) is 1. The van der Waals surface area contributed by atoms with E-state index < -0.39 is 17.8 Å². The van der Waals surface area contributed by atoms with Gasteiger partial charge in [0.2, 0.25) is 0 Å². The van der Waals surface area contributed by atoms with E-state index in [4.69, 9.17) is 10.8 Å². The molecule has 1 aromatic carbocycles. The van der Waals surface area contributed by atoms with Crippen LogP contribution in [0.15, 0.2) is 18.2 Å². The zero-order chi connectivity index (χ0) is 14.7. The number of likely N-dealkylation sites (tertiary alicyclic amines) is 1. The first kappa shape index (κ1) is 14.3. The highest BCUT2D eigenvalue weighted by atomic mass is 19.1. The summed E-state index contributed by atoms with van der Waals surface area (Å²) in [7, 11) is 0. The average Bonchev–Trinajstić information content (AvgIpc) is 2.41. The van der Waals surface area contributed by atoms with Gasteiger partial charge in [0.25, 0.3) is 0 Å². The lowest BCUT2D eigenvalue weighted by atomic mass is 10.1. The van der Waals surface area contributed by atoms with E-state index in [0.717, 1.165) is 18.2 Å². The molecule has 7 heteroatoms. The van der Waals surface area contributed by atoms with E-state index in [1.54, 1.807) is 0 Å². The number of piperidine rings is 1. The summed E-state index contributed by atoms with van der Waals surface area (Å²) in [6.07, 6.45) is 1.40. The molecule has 0 saturated carbocycles.